The topological polar surface area (TPSA) is 12.0 Å². The van der Waals surface area contributed by atoms with Gasteiger partial charge in [-0.1, -0.05) is 52.3 Å². The Morgan fingerprint density at radius 2 is 1.81 bits per heavy atom. The summed E-state index contributed by atoms with van der Waals surface area (Å²) < 4.78 is 0. The standard InChI is InChI=1S/C15H25N/c1-5-9-13(6-2)16-15-11-8-7-10-14(15)12(3)4/h7-8,10-13,16H,5-6,9H2,1-4H3. The van der Waals surface area contributed by atoms with Gasteiger partial charge >= 0.3 is 0 Å². The molecule has 1 aromatic carbocycles. The van der Waals surface area contributed by atoms with Crippen molar-refractivity contribution in [2.75, 3.05) is 5.32 Å². The van der Waals surface area contributed by atoms with Gasteiger partial charge in [0.1, 0.15) is 0 Å². The fraction of sp³-hybridized carbons (Fsp3) is 0.600. The summed E-state index contributed by atoms with van der Waals surface area (Å²) in [5, 5.41) is 3.68. The van der Waals surface area contributed by atoms with Crippen molar-refractivity contribution in [1.82, 2.24) is 0 Å². The first-order chi connectivity index (χ1) is 7.69. The van der Waals surface area contributed by atoms with Crippen LogP contribution in [0.3, 0.4) is 0 Å². The second-order valence-electron chi connectivity index (χ2n) is 4.78. The minimum atomic E-state index is 0.586. The largest absolute Gasteiger partial charge is 0.382 e. The number of para-hydroxylation sites is 1. The smallest absolute Gasteiger partial charge is 0.0377 e. The molecule has 0 aliphatic heterocycles. The van der Waals surface area contributed by atoms with Crippen LogP contribution in [0.4, 0.5) is 5.69 Å². The lowest BCUT2D eigenvalue weighted by Crippen LogP contribution is -2.19. The van der Waals surface area contributed by atoms with Gasteiger partial charge in [0, 0.05) is 11.7 Å². The Hall–Kier alpha value is -0.980. The van der Waals surface area contributed by atoms with Crippen molar-refractivity contribution in [3.05, 3.63) is 29.8 Å². The molecular formula is C15H25N. The zero-order valence-corrected chi connectivity index (χ0v) is 11.1. The molecule has 16 heavy (non-hydrogen) atoms. The predicted molar refractivity (Wildman–Crippen MR) is 73.1 cm³/mol. The molecule has 0 aliphatic carbocycles. The van der Waals surface area contributed by atoms with Gasteiger partial charge in [-0.2, -0.15) is 0 Å². The molecule has 0 saturated heterocycles. The highest BCUT2D eigenvalue weighted by Crippen LogP contribution is 2.25. The van der Waals surface area contributed by atoms with E-state index in [1.807, 2.05) is 0 Å². The SMILES string of the molecule is CCCC(CC)Nc1ccccc1C(C)C. The monoisotopic (exact) mass is 219 g/mol. The van der Waals surface area contributed by atoms with E-state index in [4.69, 9.17) is 0 Å². The van der Waals surface area contributed by atoms with Crippen LogP contribution < -0.4 is 5.32 Å². The van der Waals surface area contributed by atoms with Crippen LogP contribution in [0.25, 0.3) is 0 Å². The van der Waals surface area contributed by atoms with Gasteiger partial charge < -0.3 is 5.32 Å². The quantitative estimate of drug-likeness (QED) is 0.724. The molecule has 1 aromatic rings. The molecule has 0 radical (unpaired) electrons. The Bertz CT molecular complexity index is 304. The third kappa shape index (κ3) is 3.55. The van der Waals surface area contributed by atoms with E-state index in [1.165, 1.54) is 30.5 Å². The average Bonchev–Trinajstić information content (AvgIpc) is 2.29. The third-order valence-electron chi connectivity index (χ3n) is 3.07. The predicted octanol–water partition coefficient (Wildman–Crippen LogP) is 4.80. The number of anilines is 1. The molecule has 0 aliphatic rings. The summed E-state index contributed by atoms with van der Waals surface area (Å²) in [5.74, 6) is 0.586. The van der Waals surface area contributed by atoms with E-state index in [9.17, 15) is 0 Å². The summed E-state index contributed by atoms with van der Waals surface area (Å²) in [6, 6.07) is 9.29. The summed E-state index contributed by atoms with van der Waals surface area (Å²) >= 11 is 0. The Labute approximate surface area is 100 Å². The first-order valence-electron chi connectivity index (χ1n) is 6.54. The molecule has 0 fully saturated rings. The van der Waals surface area contributed by atoms with Crippen molar-refractivity contribution in [1.29, 1.82) is 0 Å². The first-order valence-corrected chi connectivity index (χ1v) is 6.54. The van der Waals surface area contributed by atoms with Crippen molar-refractivity contribution in [2.24, 2.45) is 0 Å². The Morgan fingerprint density at radius 3 is 2.38 bits per heavy atom. The molecule has 1 N–H and O–H groups in total. The summed E-state index contributed by atoms with van der Waals surface area (Å²) in [6.07, 6.45) is 3.69. The molecule has 0 aromatic heterocycles. The van der Waals surface area contributed by atoms with Gasteiger partial charge in [-0.3, -0.25) is 0 Å². The molecule has 0 spiro atoms. The van der Waals surface area contributed by atoms with E-state index in [0.717, 1.165) is 0 Å². The van der Waals surface area contributed by atoms with Crippen molar-refractivity contribution >= 4 is 5.69 Å². The minimum Gasteiger partial charge on any atom is -0.382 e. The van der Waals surface area contributed by atoms with E-state index in [0.29, 0.717) is 12.0 Å². The van der Waals surface area contributed by atoms with Crippen LogP contribution in [-0.4, -0.2) is 6.04 Å². The molecule has 90 valence electrons. The molecule has 1 atom stereocenters. The van der Waals surface area contributed by atoms with Gasteiger partial charge in [0.25, 0.3) is 0 Å². The second-order valence-corrected chi connectivity index (χ2v) is 4.78. The highest BCUT2D eigenvalue weighted by Gasteiger charge is 2.09. The molecular weight excluding hydrogens is 194 g/mol. The normalized spacial score (nSPS) is 12.8. The summed E-state index contributed by atoms with van der Waals surface area (Å²) in [4.78, 5) is 0. The zero-order chi connectivity index (χ0) is 12.0. The molecule has 0 saturated carbocycles. The summed E-state index contributed by atoms with van der Waals surface area (Å²) in [5.41, 5.74) is 2.75. The van der Waals surface area contributed by atoms with Crippen LogP contribution in [-0.2, 0) is 0 Å². The zero-order valence-electron chi connectivity index (χ0n) is 11.1. The maximum atomic E-state index is 3.68. The molecule has 0 bridgehead atoms. The van der Waals surface area contributed by atoms with Crippen molar-refractivity contribution in [3.63, 3.8) is 0 Å². The maximum absolute atomic E-state index is 3.68. The number of rotatable bonds is 6. The Kier molecular flexibility index (Phi) is 5.37. The van der Waals surface area contributed by atoms with Crippen molar-refractivity contribution in [2.45, 2.75) is 58.9 Å². The minimum absolute atomic E-state index is 0.586. The van der Waals surface area contributed by atoms with E-state index >= 15 is 0 Å². The van der Waals surface area contributed by atoms with Crippen LogP contribution >= 0.6 is 0 Å². The molecule has 1 rings (SSSR count). The Balaban J connectivity index is 2.78. The van der Waals surface area contributed by atoms with Crippen LogP contribution in [0.2, 0.25) is 0 Å². The highest BCUT2D eigenvalue weighted by molar-refractivity contribution is 5.53. The van der Waals surface area contributed by atoms with E-state index < -0.39 is 0 Å². The number of benzene rings is 1. The Morgan fingerprint density at radius 1 is 1.12 bits per heavy atom. The van der Waals surface area contributed by atoms with Crippen molar-refractivity contribution in [3.8, 4) is 0 Å². The van der Waals surface area contributed by atoms with Crippen LogP contribution in [0.1, 0.15) is 58.4 Å². The molecule has 0 amide bonds. The molecule has 0 heterocycles. The third-order valence-corrected chi connectivity index (χ3v) is 3.07. The van der Waals surface area contributed by atoms with Crippen LogP contribution in [0.15, 0.2) is 24.3 Å². The second kappa shape index (κ2) is 6.57. The molecule has 1 nitrogen and oxygen atoms in total. The summed E-state index contributed by atoms with van der Waals surface area (Å²) in [6.45, 7) is 9.01. The van der Waals surface area contributed by atoms with Gasteiger partial charge in [-0.25, -0.2) is 0 Å². The number of nitrogens with one attached hydrogen (secondary N) is 1. The van der Waals surface area contributed by atoms with Crippen LogP contribution in [0.5, 0.6) is 0 Å². The maximum Gasteiger partial charge on any atom is 0.0377 e. The lowest BCUT2D eigenvalue weighted by atomic mass is 10.00. The van der Waals surface area contributed by atoms with E-state index in [-0.39, 0.29) is 0 Å². The van der Waals surface area contributed by atoms with Crippen molar-refractivity contribution < 1.29 is 0 Å². The van der Waals surface area contributed by atoms with Gasteiger partial charge in [0.05, 0.1) is 0 Å². The number of hydrogen-bond acceptors (Lipinski definition) is 1. The van der Waals surface area contributed by atoms with Gasteiger partial charge in [0.2, 0.25) is 0 Å². The molecule has 1 heteroatoms. The van der Waals surface area contributed by atoms with E-state index in [2.05, 4.69) is 57.3 Å². The lowest BCUT2D eigenvalue weighted by molar-refractivity contribution is 0.621. The molecule has 1 unspecified atom stereocenters. The highest BCUT2D eigenvalue weighted by atomic mass is 14.9. The first kappa shape index (κ1) is 13.1. The lowest BCUT2D eigenvalue weighted by Gasteiger charge is -2.21. The van der Waals surface area contributed by atoms with Gasteiger partial charge in [0.15, 0.2) is 0 Å². The fourth-order valence-corrected chi connectivity index (χ4v) is 2.08. The van der Waals surface area contributed by atoms with Gasteiger partial charge in [-0.05, 0) is 30.4 Å². The van der Waals surface area contributed by atoms with Crippen LogP contribution in [0, 0.1) is 0 Å². The average molecular weight is 219 g/mol. The summed E-state index contributed by atoms with van der Waals surface area (Å²) in [7, 11) is 0. The van der Waals surface area contributed by atoms with E-state index in [1.54, 1.807) is 0 Å². The van der Waals surface area contributed by atoms with Gasteiger partial charge in [-0.15, -0.1) is 0 Å². The fourth-order valence-electron chi connectivity index (χ4n) is 2.08. The number of hydrogen-bond donors (Lipinski definition) is 1.